The quantitative estimate of drug-likeness (QED) is 0.619. The molecule has 1 heterocycles. The molecule has 1 aromatic carbocycles. The van der Waals surface area contributed by atoms with Gasteiger partial charge >= 0.3 is 5.97 Å². The summed E-state index contributed by atoms with van der Waals surface area (Å²) in [5, 5.41) is 0. The van der Waals surface area contributed by atoms with Crippen molar-refractivity contribution in [2.75, 3.05) is 7.11 Å². The number of esters is 1. The van der Waals surface area contributed by atoms with Crippen molar-refractivity contribution in [1.82, 2.24) is 4.57 Å². The summed E-state index contributed by atoms with van der Waals surface area (Å²) in [5.41, 5.74) is 2.00. The summed E-state index contributed by atoms with van der Waals surface area (Å²) >= 11 is 0. The van der Waals surface area contributed by atoms with Crippen molar-refractivity contribution in [1.29, 1.82) is 0 Å². The van der Waals surface area contributed by atoms with Crippen molar-refractivity contribution in [2.45, 2.75) is 12.3 Å². The molecule has 0 fully saturated rings. The minimum absolute atomic E-state index is 0.106. The van der Waals surface area contributed by atoms with Gasteiger partial charge < -0.3 is 9.30 Å². The Balaban J connectivity index is 2.33. The highest BCUT2D eigenvalue weighted by Gasteiger charge is 2.24. The maximum Gasteiger partial charge on any atom is 0.374 e. The van der Waals surface area contributed by atoms with Crippen LogP contribution < -0.4 is 0 Å². The normalized spacial score (nSPS) is 11.9. The van der Waals surface area contributed by atoms with Gasteiger partial charge in [-0.15, -0.1) is 0 Å². The number of benzene rings is 1. The lowest BCUT2D eigenvalue weighted by Gasteiger charge is -2.17. The summed E-state index contributed by atoms with van der Waals surface area (Å²) in [6.45, 7) is 0. The van der Waals surface area contributed by atoms with Crippen molar-refractivity contribution in [2.24, 2.45) is 7.05 Å². The molecule has 0 N–H and O–H groups in total. The molecule has 0 saturated heterocycles. The molecule has 2 aromatic rings. The van der Waals surface area contributed by atoms with Gasteiger partial charge in [0.2, 0.25) is 5.78 Å². The molecule has 0 saturated carbocycles. The molecule has 0 unspecified atom stereocenters. The summed E-state index contributed by atoms with van der Waals surface area (Å²) < 4.78 is 6.46. The van der Waals surface area contributed by atoms with Crippen LogP contribution in [0.1, 0.15) is 23.6 Å². The maximum absolute atomic E-state index is 11.9. The Morgan fingerprint density at radius 3 is 2.40 bits per heavy atom. The van der Waals surface area contributed by atoms with Gasteiger partial charge in [0.05, 0.1) is 7.11 Å². The van der Waals surface area contributed by atoms with Gasteiger partial charge in [0, 0.05) is 31.3 Å². The van der Waals surface area contributed by atoms with E-state index in [-0.39, 0.29) is 12.3 Å². The zero-order chi connectivity index (χ0) is 14.5. The predicted molar refractivity (Wildman–Crippen MR) is 75.3 cm³/mol. The number of ether oxygens (including phenoxy) is 1. The molecule has 0 amide bonds. The lowest BCUT2D eigenvalue weighted by molar-refractivity contribution is -0.151. The van der Waals surface area contributed by atoms with E-state index < -0.39 is 11.8 Å². The Kier molecular flexibility index (Phi) is 4.35. The second-order valence-electron chi connectivity index (χ2n) is 4.63. The Hall–Kier alpha value is -2.36. The van der Waals surface area contributed by atoms with E-state index in [1.165, 1.54) is 7.11 Å². The number of Topliss-reactive ketones (excluding diaryl/α,β-unsaturated/α-hetero) is 1. The minimum atomic E-state index is -0.792. The van der Waals surface area contributed by atoms with Crippen LogP contribution in [0, 0.1) is 0 Å². The van der Waals surface area contributed by atoms with Crippen LogP contribution in [-0.2, 0) is 21.4 Å². The summed E-state index contributed by atoms with van der Waals surface area (Å²) in [6.07, 6.45) is 2.03. The Morgan fingerprint density at radius 1 is 1.15 bits per heavy atom. The molecule has 0 aliphatic carbocycles. The topological polar surface area (TPSA) is 48.3 Å². The molecular formula is C16H17NO3. The van der Waals surface area contributed by atoms with E-state index in [4.69, 9.17) is 0 Å². The average Bonchev–Trinajstić information content (AvgIpc) is 2.90. The number of rotatable bonds is 5. The minimum Gasteiger partial charge on any atom is -0.463 e. The molecular weight excluding hydrogens is 254 g/mol. The molecule has 20 heavy (non-hydrogen) atoms. The first-order chi connectivity index (χ1) is 9.63. The summed E-state index contributed by atoms with van der Waals surface area (Å²) in [6, 6.07) is 13.6. The first kappa shape index (κ1) is 14.1. The molecule has 0 bridgehead atoms. The van der Waals surface area contributed by atoms with Gasteiger partial charge in [0.15, 0.2) is 0 Å². The third-order valence-corrected chi connectivity index (χ3v) is 3.35. The fourth-order valence-corrected chi connectivity index (χ4v) is 2.30. The van der Waals surface area contributed by atoms with Crippen LogP contribution in [-0.4, -0.2) is 23.4 Å². The van der Waals surface area contributed by atoms with Crippen LogP contribution in [0.2, 0.25) is 0 Å². The van der Waals surface area contributed by atoms with Crippen molar-refractivity contribution >= 4 is 11.8 Å². The number of ketones is 1. The van der Waals surface area contributed by atoms with Gasteiger partial charge in [0.1, 0.15) is 0 Å². The number of hydrogen-bond acceptors (Lipinski definition) is 3. The summed E-state index contributed by atoms with van der Waals surface area (Å²) in [7, 11) is 3.15. The Bertz CT molecular complexity index is 601. The fourth-order valence-electron chi connectivity index (χ4n) is 2.30. The van der Waals surface area contributed by atoms with E-state index >= 15 is 0 Å². The highest BCUT2D eigenvalue weighted by Crippen LogP contribution is 2.28. The molecule has 0 aliphatic rings. The summed E-state index contributed by atoms with van der Waals surface area (Å²) in [4.78, 5) is 23.2. The second-order valence-corrected chi connectivity index (χ2v) is 4.63. The zero-order valence-electron chi connectivity index (χ0n) is 11.6. The molecule has 2 rings (SSSR count). The van der Waals surface area contributed by atoms with Crippen molar-refractivity contribution < 1.29 is 14.3 Å². The fraction of sp³-hybridized carbons (Fsp3) is 0.250. The van der Waals surface area contributed by atoms with Gasteiger partial charge in [-0.2, -0.15) is 0 Å². The lowest BCUT2D eigenvalue weighted by atomic mass is 9.90. The standard InChI is InChI=1S/C16H17NO3/c1-17-10-6-9-14(17)13(11-15(18)16(19)20-2)12-7-4-3-5-8-12/h3-10,13H,11H2,1-2H3/t13-/m1/s1. The highest BCUT2D eigenvalue weighted by atomic mass is 16.5. The van der Waals surface area contributed by atoms with Crippen LogP contribution in [0.3, 0.4) is 0 Å². The third kappa shape index (κ3) is 2.96. The number of carbonyl (C=O) groups excluding carboxylic acids is 2. The van der Waals surface area contributed by atoms with E-state index in [1.807, 2.05) is 60.3 Å². The van der Waals surface area contributed by atoms with Gasteiger partial charge in [-0.3, -0.25) is 4.79 Å². The van der Waals surface area contributed by atoms with Gasteiger partial charge in [-0.05, 0) is 17.7 Å². The summed E-state index contributed by atoms with van der Waals surface area (Å²) in [5.74, 6) is -1.45. The van der Waals surface area contributed by atoms with E-state index in [0.717, 1.165) is 11.3 Å². The van der Waals surface area contributed by atoms with Crippen molar-refractivity contribution in [3.8, 4) is 0 Å². The zero-order valence-corrected chi connectivity index (χ0v) is 11.6. The van der Waals surface area contributed by atoms with E-state index in [1.54, 1.807) is 0 Å². The Labute approximate surface area is 118 Å². The van der Waals surface area contributed by atoms with Crippen LogP contribution in [0.25, 0.3) is 0 Å². The number of carbonyl (C=O) groups is 2. The molecule has 4 heteroatoms. The smallest absolute Gasteiger partial charge is 0.374 e. The van der Waals surface area contributed by atoms with Crippen LogP contribution in [0.15, 0.2) is 48.7 Å². The van der Waals surface area contributed by atoms with Gasteiger partial charge in [-0.25, -0.2) is 4.79 Å². The van der Waals surface area contributed by atoms with E-state index in [0.29, 0.717) is 0 Å². The van der Waals surface area contributed by atoms with Crippen LogP contribution in [0.4, 0.5) is 0 Å². The van der Waals surface area contributed by atoms with Crippen molar-refractivity contribution in [3.63, 3.8) is 0 Å². The van der Waals surface area contributed by atoms with Crippen LogP contribution in [0.5, 0.6) is 0 Å². The lowest BCUT2D eigenvalue weighted by Crippen LogP contribution is -2.20. The molecule has 1 atom stereocenters. The first-order valence-electron chi connectivity index (χ1n) is 6.40. The van der Waals surface area contributed by atoms with Crippen molar-refractivity contribution in [3.05, 3.63) is 59.9 Å². The molecule has 4 nitrogen and oxygen atoms in total. The van der Waals surface area contributed by atoms with E-state index in [2.05, 4.69) is 4.74 Å². The molecule has 1 aromatic heterocycles. The molecule has 0 radical (unpaired) electrons. The van der Waals surface area contributed by atoms with E-state index in [9.17, 15) is 9.59 Å². The maximum atomic E-state index is 11.9. The number of aromatic nitrogens is 1. The van der Waals surface area contributed by atoms with Crippen LogP contribution >= 0.6 is 0 Å². The Morgan fingerprint density at radius 2 is 1.85 bits per heavy atom. The number of methoxy groups -OCH3 is 1. The monoisotopic (exact) mass is 271 g/mol. The molecule has 104 valence electrons. The SMILES string of the molecule is COC(=O)C(=O)C[C@H](c1ccccc1)c1cccn1C. The van der Waals surface area contributed by atoms with Gasteiger partial charge in [-0.1, -0.05) is 30.3 Å². The number of hydrogen-bond donors (Lipinski definition) is 0. The molecule has 0 spiro atoms. The van der Waals surface area contributed by atoms with Gasteiger partial charge in [0.25, 0.3) is 0 Å². The number of nitrogens with zero attached hydrogens (tertiary/aromatic N) is 1. The largest absolute Gasteiger partial charge is 0.463 e. The predicted octanol–water partition coefficient (Wildman–Crippen LogP) is 2.29. The number of aryl methyl sites for hydroxylation is 1. The molecule has 0 aliphatic heterocycles. The second kappa shape index (κ2) is 6.19. The average molecular weight is 271 g/mol. The third-order valence-electron chi connectivity index (χ3n) is 3.35. The first-order valence-corrected chi connectivity index (χ1v) is 6.40. The highest BCUT2D eigenvalue weighted by molar-refractivity contribution is 6.33.